The van der Waals surface area contributed by atoms with Gasteiger partial charge in [0.05, 0.1) is 18.1 Å². The highest BCUT2D eigenvalue weighted by atomic mass is 15.3. The molecule has 1 saturated heterocycles. The van der Waals surface area contributed by atoms with Gasteiger partial charge < -0.3 is 15.2 Å². The first-order valence-corrected chi connectivity index (χ1v) is 11.0. The second-order valence-corrected chi connectivity index (χ2v) is 8.70. The number of hydrogen-bond donors (Lipinski definition) is 3. The van der Waals surface area contributed by atoms with Gasteiger partial charge in [-0.3, -0.25) is 0 Å². The van der Waals surface area contributed by atoms with E-state index in [0.29, 0.717) is 23.7 Å². The SMILES string of the molecule is Cc1ccc(CCNc2nccc(-c3ncc(N4CC5C(C4)C5c4cn[nH]n4)[nH]3)n2)cc1. The normalized spacial score (nSPS) is 21.5. The Morgan fingerprint density at radius 2 is 1.91 bits per heavy atom. The van der Waals surface area contributed by atoms with E-state index in [1.165, 1.54) is 11.1 Å². The van der Waals surface area contributed by atoms with Gasteiger partial charge in [-0.15, -0.1) is 0 Å². The molecular formula is C23H25N9. The summed E-state index contributed by atoms with van der Waals surface area (Å²) in [7, 11) is 0. The standard InChI is InChI=1S/C23H25N9/c1-14-2-4-15(5-3-14)6-8-24-23-25-9-7-18(28-23)22-26-11-20(29-22)32-12-16-17(13-32)21(16)19-10-27-31-30-19/h2-5,7,9-11,16-17,21H,6,8,12-13H2,1H3,(H,26,29)(H,24,25,28)(H,27,30,31). The minimum Gasteiger partial charge on any atom is -0.356 e. The number of hydrogen-bond acceptors (Lipinski definition) is 7. The summed E-state index contributed by atoms with van der Waals surface area (Å²) in [5.41, 5.74) is 4.45. The highest BCUT2D eigenvalue weighted by Gasteiger charge is 2.57. The van der Waals surface area contributed by atoms with Crippen molar-refractivity contribution in [2.75, 3.05) is 29.9 Å². The summed E-state index contributed by atoms with van der Waals surface area (Å²) in [5, 5.41) is 14.3. The van der Waals surface area contributed by atoms with Gasteiger partial charge in [0.25, 0.3) is 0 Å². The highest BCUT2D eigenvalue weighted by Crippen LogP contribution is 2.57. The van der Waals surface area contributed by atoms with Crippen LogP contribution < -0.4 is 10.2 Å². The van der Waals surface area contributed by atoms with Crippen molar-refractivity contribution in [1.82, 2.24) is 35.3 Å². The van der Waals surface area contributed by atoms with Crippen molar-refractivity contribution in [1.29, 1.82) is 0 Å². The van der Waals surface area contributed by atoms with E-state index in [-0.39, 0.29) is 0 Å². The molecule has 3 aromatic heterocycles. The number of nitrogens with zero attached hydrogens (tertiary/aromatic N) is 6. The molecule has 9 nitrogen and oxygen atoms in total. The molecule has 162 valence electrons. The lowest BCUT2D eigenvalue weighted by atomic mass is 10.1. The van der Waals surface area contributed by atoms with Crippen LogP contribution in [0.15, 0.2) is 48.9 Å². The maximum absolute atomic E-state index is 4.64. The Hall–Kier alpha value is -3.75. The monoisotopic (exact) mass is 427 g/mol. The molecule has 9 heteroatoms. The molecule has 2 aliphatic rings. The topological polar surface area (TPSA) is 111 Å². The predicted molar refractivity (Wildman–Crippen MR) is 121 cm³/mol. The minimum atomic E-state index is 0.544. The maximum atomic E-state index is 4.64. The molecule has 1 aliphatic carbocycles. The molecule has 0 amide bonds. The lowest BCUT2D eigenvalue weighted by Crippen LogP contribution is -2.23. The largest absolute Gasteiger partial charge is 0.356 e. The van der Waals surface area contributed by atoms with Crippen molar-refractivity contribution in [3.8, 4) is 11.5 Å². The number of aromatic amines is 2. The van der Waals surface area contributed by atoms with Gasteiger partial charge in [0.15, 0.2) is 5.82 Å². The Kier molecular flexibility index (Phi) is 4.59. The fourth-order valence-corrected chi connectivity index (χ4v) is 4.78. The Morgan fingerprint density at radius 1 is 1.06 bits per heavy atom. The summed E-state index contributed by atoms with van der Waals surface area (Å²) in [6.07, 6.45) is 6.44. The third-order valence-corrected chi connectivity index (χ3v) is 6.59. The van der Waals surface area contributed by atoms with E-state index < -0.39 is 0 Å². The first-order chi connectivity index (χ1) is 15.7. The van der Waals surface area contributed by atoms with Crippen LogP contribution in [0.3, 0.4) is 0 Å². The molecule has 1 saturated carbocycles. The van der Waals surface area contributed by atoms with Crippen LogP contribution in [0.25, 0.3) is 11.5 Å². The van der Waals surface area contributed by atoms with Crippen molar-refractivity contribution < 1.29 is 0 Å². The first kappa shape index (κ1) is 19.0. The number of aromatic nitrogens is 7. The van der Waals surface area contributed by atoms with E-state index in [2.05, 4.69) is 76.8 Å². The average Bonchev–Trinajstić information content (AvgIpc) is 3.35. The third kappa shape index (κ3) is 3.59. The lowest BCUT2D eigenvalue weighted by Gasteiger charge is -2.19. The minimum absolute atomic E-state index is 0.544. The van der Waals surface area contributed by atoms with Crippen molar-refractivity contribution in [3.63, 3.8) is 0 Å². The molecule has 3 N–H and O–H groups in total. The number of rotatable bonds is 7. The summed E-state index contributed by atoms with van der Waals surface area (Å²) >= 11 is 0. The van der Waals surface area contributed by atoms with Gasteiger partial charge in [-0.25, -0.2) is 15.0 Å². The van der Waals surface area contributed by atoms with Gasteiger partial charge in [-0.05, 0) is 36.8 Å². The van der Waals surface area contributed by atoms with Crippen molar-refractivity contribution in [3.05, 3.63) is 65.7 Å². The molecule has 4 heterocycles. The van der Waals surface area contributed by atoms with Gasteiger partial charge in [-0.1, -0.05) is 29.8 Å². The summed E-state index contributed by atoms with van der Waals surface area (Å²) < 4.78 is 0. The van der Waals surface area contributed by atoms with Crippen LogP contribution in [0.5, 0.6) is 0 Å². The van der Waals surface area contributed by atoms with Crippen molar-refractivity contribution in [2.24, 2.45) is 11.8 Å². The molecule has 2 atom stereocenters. The number of aryl methyl sites for hydroxylation is 1. The molecule has 32 heavy (non-hydrogen) atoms. The smallest absolute Gasteiger partial charge is 0.223 e. The molecule has 6 rings (SSSR count). The Morgan fingerprint density at radius 3 is 2.69 bits per heavy atom. The van der Waals surface area contributed by atoms with Gasteiger partial charge >= 0.3 is 0 Å². The zero-order valence-electron chi connectivity index (χ0n) is 17.9. The predicted octanol–water partition coefficient (Wildman–Crippen LogP) is 2.80. The van der Waals surface area contributed by atoms with E-state index in [4.69, 9.17) is 0 Å². The van der Waals surface area contributed by atoms with Gasteiger partial charge in [0.2, 0.25) is 5.95 Å². The fourth-order valence-electron chi connectivity index (χ4n) is 4.78. The second-order valence-electron chi connectivity index (χ2n) is 8.70. The van der Waals surface area contributed by atoms with E-state index in [0.717, 1.165) is 49.1 Å². The summed E-state index contributed by atoms with van der Waals surface area (Å²) in [4.78, 5) is 19.4. The number of nitrogens with one attached hydrogen (secondary N) is 3. The van der Waals surface area contributed by atoms with E-state index in [9.17, 15) is 0 Å². The van der Waals surface area contributed by atoms with Crippen LogP contribution in [0.2, 0.25) is 0 Å². The number of anilines is 2. The van der Waals surface area contributed by atoms with Crippen LogP contribution >= 0.6 is 0 Å². The van der Waals surface area contributed by atoms with Crippen LogP contribution in [-0.2, 0) is 6.42 Å². The second kappa shape index (κ2) is 7.74. The molecule has 1 aliphatic heterocycles. The molecule has 0 radical (unpaired) electrons. The fraction of sp³-hybridized carbons (Fsp3) is 0.348. The average molecular weight is 428 g/mol. The molecule has 2 fully saturated rings. The third-order valence-electron chi connectivity index (χ3n) is 6.59. The molecule has 0 spiro atoms. The zero-order chi connectivity index (χ0) is 21.5. The van der Waals surface area contributed by atoms with E-state index in [1.54, 1.807) is 6.20 Å². The Labute approximate surface area is 185 Å². The van der Waals surface area contributed by atoms with E-state index in [1.807, 2.05) is 18.5 Å². The molecule has 2 unspecified atom stereocenters. The first-order valence-electron chi connectivity index (χ1n) is 11.0. The summed E-state index contributed by atoms with van der Waals surface area (Å²) in [6.45, 7) is 4.90. The van der Waals surface area contributed by atoms with Crippen LogP contribution in [-0.4, -0.2) is 55.0 Å². The Balaban J connectivity index is 1.07. The number of imidazole rings is 1. The summed E-state index contributed by atoms with van der Waals surface area (Å²) in [5.74, 6) is 4.26. The zero-order valence-corrected chi connectivity index (χ0v) is 17.9. The molecule has 0 bridgehead atoms. The van der Waals surface area contributed by atoms with Gasteiger partial charge in [0, 0.05) is 31.7 Å². The van der Waals surface area contributed by atoms with E-state index >= 15 is 0 Å². The number of benzene rings is 1. The van der Waals surface area contributed by atoms with Crippen LogP contribution in [0.1, 0.15) is 22.7 Å². The molecular weight excluding hydrogens is 402 g/mol. The number of fused-ring (bicyclic) bond motifs is 1. The molecule has 4 aromatic rings. The number of piperidine rings is 1. The van der Waals surface area contributed by atoms with Gasteiger partial charge in [-0.2, -0.15) is 15.4 Å². The number of H-pyrrole nitrogens is 2. The lowest BCUT2D eigenvalue weighted by molar-refractivity contribution is 0.729. The van der Waals surface area contributed by atoms with Crippen molar-refractivity contribution in [2.45, 2.75) is 19.3 Å². The van der Waals surface area contributed by atoms with Crippen LogP contribution in [0, 0.1) is 18.8 Å². The van der Waals surface area contributed by atoms with Gasteiger partial charge in [0.1, 0.15) is 11.5 Å². The Bertz CT molecular complexity index is 1190. The maximum Gasteiger partial charge on any atom is 0.223 e. The van der Waals surface area contributed by atoms with Crippen LogP contribution in [0.4, 0.5) is 11.8 Å². The van der Waals surface area contributed by atoms with Crippen molar-refractivity contribution >= 4 is 11.8 Å². The highest BCUT2D eigenvalue weighted by molar-refractivity contribution is 5.56. The summed E-state index contributed by atoms with van der Waals surface area (Å²) in [6, 6.07) is 10.5. The quantitative estimate of drug-likeness (QED) is 0.416. The molecule has 1 aromatic carbocycles.